The summed E-state index contributed by atoms with van der Waals surface area (Å²) in [5.74, 6) is 0.660. The number of nitrogens with two attached hydrogens (primary N) is 2. The second-order valence-electron chi connectivity index (χ2n) is 7.83. The second kappa shape index (κ2) is 9.44. The van der Waals surface area contributed by atoms with Gasteiger partial charge in [0.1, 0.15) is 5.84 Å². The number of benzene rings is 2. The summed E-state index contributed by atoms with van der Waals surface area (Å²) < 4.78 is 0. The molecule has 1 heterocycles. The summed E-state index contributed by atoms with van der Waals surface area (Å²) in [6, 6.07) is 18.1. The lowest BCUT2D eigenvalue weighted by Gasteiger charge is -2.18. The van der Waals surface area contributed by atoms with E-state index in [9.17, 15) is 0 Å². The Morgan fingerprint density at radius 3 is 2.50 bits per heavy atom. The molecule has 0 spiro atoms. The van der Waals surface area contributed by atoms with Crippen LogP contribution in [0.2, 0.25) is 0 Å². The van der Waals surface area contributed by atoms with E-state index in [4.69, 9.17) is 16.9 Å². The first-order valence-electron chi connectivity index (χ1n) is 10.4. The Morgan fingerprint density at radius 2 is 1.80 bits per heavy atom. The summed E-state index contributed by atoms with van der Waals surface area (Å²) in [4.78, 5) is 7.83. The van der Waals surface area contributed by atoms with Crippen LogP contribution in [0.15, 0.2) is 77.1 Å². The molecule has 3 rings (SSSR count). The van der Waals surface area contributed by atoms with Crippen molar-refractivity contribution in [3.05, 3.63) is 83.2 Å². The van der Waals surface area contributed by atoms with E-state index in [1.807, 2.05) is 48.7 Å². The monoisotopic (exact) mass is 401 g/mol. The Bertz CT molecular complexity index is 1080. The number of rotatable bonds is 8. The average molecular weight is 402 g/mol. The molecule has 2 unspecified atom stereocenters. The minimum Gasteiger partial charge on any atom is -0.401 e. The van der Waals surface area contributed by atoms with Crippen molar-refractivity contribution in [2.24, 2.45) is 22.4 Å². The third kappa shape index (κ3) is 4.62. The Hall–Kier alpha value is -3.34. The maximum atomic E-state index is 8.89. The number of nitrogens with zero attached hydrogens (tertiary/aromatic N) is 1. The normalized spacial score (nSPS) is 15.0. The average Bonchev–Trinajstić information content (AvgIpc) is 3.25. The molecule has 0 saturated carbocycles. The molecule has 2 atom stereocenters. The Kier molecular flexibility index (Phi) is 6.72. The summed E-state index contributed by atoms with van der Waals surface area (Å²) in [6.07, 6.45) is 2.76. The van der Waals surface area contributed by atoms with Gasteiger partial charge in [0.25, 0.3) is 0 Å². The molecule has 0 aliphatic carbocycles. The van der Waals surface area contributed by atoms with E-state index in [-0.39, 0.29) is 11.8 Å². The number of aromatic amines is 1. The molecule has 0 radical (unpaired) electrons. The molecule has 0 bridgehead atoms. The fourth-order valence-electron chi connectivity index (χ4n) is 3.44. The minimum absolute atomic E-state index is 0.108. The van der Waals surface area contributed by atoms with Crippen molar-refractivity contribution in [2.75, 3.05) is 6.54 Å². The van der Waals surface area contributed by atoms with Crippen LogP contribution in [0.1, 0.15) is 44.2 Å². The number of allylic oxidation sites excluding steroid dienone is 1. The van der Waals surface area contributed by atoms with E-state index in [0.717, 1.165) is 22.9 Å². The lowest BCUT2D eigenvalue weighted by molar-refractivity contribution is 0.646. The van der Waals surface area contributed by atoms with Gasteiger partial charge in [-0.25, -0.2) is 0 Å². The number of amidine groups is 1. The van der Waals surface area contributed by atoms with E-state index >= 15 is 0 Å². The number of nitrogens with one attached hydrogen (secondary N) is 2. The molecule has 6 N–H and O–H groups in total. The third-order valence-corrected chi connectivity index (χ3v) is 5.68. The maximum absolute atomic E-state index is 8.89. The molecule has 0 fully saturated rings. The van der Waals surface area contributed by atoms with Crippen LogP contribution in [-0.2, 0) is 0 Å². The predicted octanol–water partition coefficient (Wildman–Crippen LogP) is 4.96. The summed E-state index contributed by atoms with van der Waals surface area (Å²) in [5.41, 5.74) is 17.4. The van der Waals surface area contributed by atoms with Gasteiger partial charge in [-0.1, -0.05) is 57.2 Å². The highest BCUT2D eigenvalue weighted by Gasteiger charge is 2.20. The van der Waals surface area contributed by atoms with Crippen molar-refractivity contribution in [3.8, 4) is 0 Å². The van der Waals surface area contributed by atoms with Crippen LogP contribution in [0.4, 0.5) is 0 Å². The molecule has 5 nitrogen and oxygen atoms in total. The SMILES string of the molecule is CCC(C)/C(N)=C(/C(=N)c1ccc2[nH]ccc2c1)C(N)=NCC(C)c1ccccc1. The van der Waals surface area contributed by atoms with Crippen molar-refractivity contribution >= 4 is 22.5 Å². The first-order valence-corrected chi connectivity index (χ1v) is 10.4. The van der Waals surface area contributed by atoms with Gasteiger partial charge in [-0.3, -0.25) is 10.4 Å². The van der Waals surface area contributed by atoms with Gasteiger partial charge < -0.3 is 16.5 Å². The van der Waals surface area contributed by atoms with Gasteiger partial charge in [0.05, 0.1) is 11.3 Å². The third-order valence-electron chi connectivity index (χ3n) is 5.68. The van der Waals surface area contributed by atoms with Crippen LogP contribution in [0.25, 0.3) is 10.9 Å². The van der Waals surface area contributed by atoms with Crippen LogP contribution >= 0.6 is 0 Å². The Morgan fingerprint density at radius 1 is 1.07 bits per heavy atom. The van der Waals surface area contributed by atoms with Crippen LogP contribution in [0.5, 0.6) is 0 Å². The van der Waals surface area contributed by atoms with Gasteiger partial charge in [-0.15, -0.1) is 0 Å². The highest BCUT2D eigenvalue weighted by atomic mass is 14.9. The fourth-order valence-corrected chi connectivity index (χ4v) is 3.44. The van der Waals surface area contributed by atoms with Gasteiger partial charge in [-0.05, 0) is 36.1 Å². The van der Waals surface area contributed by atoms with Crippen molar-refractivity contribution in [1.82, 2.24) is 4.98 Å². The van der Waals surface area contributed by atoms with Crippen LogP contribution < -0.4 is 11.5 Å². The predicted molar refractivity (Wildman–Crippen MR) is 127 cm³/mol. The molecule has 3 aromatic rings. The zero-order valence-corrected chi connectivity index (χ0v) is 17.9. The standard InChI is InChI=1S/C25H31N5/c1-4-16(2)23(26)22(24(27)20-10-11-21-19(14-20)12-13-29-21)25(28)30-15-17(3)18-8-6-5-7-9-18/h5-14,16-17,27,29H,4,15,26H2,1-3H3,(H2,28,30)/b23-22+,27-24?. The molecule has 1 aromatic heterocycles. The number of hydrogen-bond donors (Lipinski definition) is 4. The van der Waals surface area contributed by atoms with Gasteiger partial charge in [0, 0.05) is 40.8 Å². The van der Waals surface area contributed by atoms with E-state index in [2.05, 4.69) is 42.9 Å². The zero-order chi connectivity index (χ0) is 21.7. The van der Waals surface area contributed by atoms with Gasteiger partial charge >= 0.3 is 0 Å². The van der Waals surface area contributed by atoms with Gasteiger partial charge in [0.2, 0.25) is 0 Å². The van der Waals surface area contributed by atoms with Crippen molar-refractivity contribution in [2.45, 2.75) is 33.1 Å². The molecule has 0 amide bonds. The second-order valence-corrected chi connectivity index (χ2v) is 7.83. The topological polar surface area (TPSA) is 104 Å². The van der Waals surface area contributed by atoms with Gasteiger partial charge in [-0.2, -0.15) is 0 Å². The Balaban J connectivity index is 1.94. The van der Waals surface area contributed by atoms with E-state index in [0.29, 0.717) is 29.4 Å². The fraction of sp³-hybridized carbons (Fsp3) is 0.280. The number of aromatic nitrogens is 1. The molecule has 0 saturated heterocycles. The molecule has 156 valence electrons. The van der Waals surface area contributed by atoms with Crippen LogP contribution in [-0.4, -0.2) is 23.1 Å². The van der Waals surface area contributed by atoms with Crippen LogP contribution in [0, 0.1) is 11.3 Å². The van der Waals surface area contributed by atoms with Crippen molar-refractivity contribution < 1.29 is 0 Å². The lowest BCUT2D eigenvalue weighted by Crippen LogP contribution is -2.28. The first kappa shape index (κ1) is 21.4. The number of aliphatic imine (C=N–C) groups is 1. The van der Waals surface area contributed by atoms with Crippen LogP contribution in [0.3, 0.4) is 0 Å². The van der Waals surface area contributed by atoms with Crippen molar-refractivity contribution in [1.29, 1.82) is 5.41 Å². The highest BCUT2D eigenvalue weighted by Crippen LogP contribution is 2.22. The molecular weight excluding hydrogens is 370 g/mol. The summed E-state index contributed by atoms with van der Waals surface area (Å²) in [5, 5.41) is 9.93. The molecule has 2 aromatic carbocycles. The first-order chi connectivity index (χ1) is 14.4. The molecular formula is C25H31N5. The largest absolute Gasteiger partial charge is 0.401 e. The Labute approximate surface area is 178 Å². The molecule has 5 heteroatoms. The van der Waals surface area contributed by atoms with Gasteiger partial charge in [0.15, 0.2) is 0 Å². The number of hydrogen-bond acceptors (Lipinski definition) is 3. The lowest BCUT2D eigenvalue weighted by atomic mass is 9.93. The summed E-state index contributed by atoms with van der Waals surface area (Å²) >= 11 is 0. The number of H-pyrrole nitrogens is 1. The van der Waals surface area contributed by atoms with Crippen molar-refractivity contribution in [3.63, 3.8) is 0 Å². The summed E-state index contributed by atoms with van der Waals surface area (Å²) in [6.45, 7) is 6.79. The number of fused-ring (bicyclic) bond motifs is 1. The summed E-state index contributed by atoms with van der Waals surface area (Å²) in [7, 11) is 0. The van der Waals surface area contributed by atoms with E-state index in [1.165, 1.54) is 5.56 Å². The zero-order valence-electron chi connectivity index (χ0n) is 17.9. The van der Waals surface area contributed by atoms with E-state index in [1.54, 1.807) is 0 Å². The maximum Gasteiger partial charge on any atom is 0.129 e. The highest BCUT2D eigenvalue weighted by molar-refractivity contribution is 6.28. The minimum atomic E-state index is 0.108. The molecule has 0 aliphatic heterocycles. The smallest absolute Gasteiger partial charge is 0.129 e. The molecule has 30 heavy (non-hydrogen) atoms. The quantitative estimate of drug-likeness (QED) is 0.317. The van der Waals surface area contributed by atoms with E-state index < -0.39 is 0 Å². The molecule has 0 aliphatic rings.